The van der Waals surface area contributed by atoms with Crippen molar-refractivity contribution in [3.05, 3.63) is 66.7 Å². The number of rotatable bonds is 5. The van der Waals surface area contributed by atoms with E-state index in [1.807, 2.05) is 51.2 Å². The van der Waals surface area contributed by atoms with E-state index >= 15 is 0 Å². The minimum absolute atomic E-state index is 0.0400. The van der Waals surface area contributed by atoms with Crippen LogP contribution in [-0.4, -0.2) is 23.3 Å². The molecule has 3 aromatic carbocycles. The summed E-state index contributed by atoms with van der Waals surface area (Å²) in [4.78, 5) is 4.06. The lowest BCUT2D eigenvalue weighted by Gasteiger charge is -2.21. The maximum atomic E-state index is 10.2. The topological polar surface area (TPSA) is 43.7 Å². The third-order valence-electron chi connectivity index (χ3n) is 4.69. The van der Waals surface area contributed by atoms with E-state index in [0.29, 0.717) is 11.7 Å². The van der Waals surface area contributed by atoms with Gasteiger partial charge in [0.15, 0.2) is 11.5 Å². The molecule has 1 aliphatic carbocycles. The van der Waals surface area contributed by atoms with Crippen LogP contribution in [0, 0.1) is 0 Å². The summed E-state index contributed by atoms with van der Waals surface area (Å²) in [6.07, 6.45) is 2.26. The average molecular weight is 394 g/mol. The first-order valence-corrected chi connectivity index (χ1v) is 10.6. The van der Waals surface area contributed by atoms with E-state index in [1.165, 1.54) is 5.56 Å². The number of anilines is 1. The molecule has 4 rings (SSSR count). The third-order valence-corrected chi connectivity index (χ3v) is 5.66. The molecule has 1 saturated carbocycles. The highest BCUT2D eigenvalue weighted by Gasteiger charge is 2.28. The molecule has 1 fully saturated rings. The molecule has 3 aromatic rings. The summed E-state index contributed by atoms with van der Waals surface area (Å²) < 4.78 is 0. The van der Waals surface area contributed by atoms with E-state index in [-0.39, 0.29) is 11.5 Å². The summed E-state index contributed by atoms with van der Waals surface area (Å²) in [5, 5.41) is 20.4. The average Bonchev–Trinajstić information content (AvgIpc) is 3.58. The van der Waals surface area contributed by atoms with E-state index in [4.69, 9.17) is 0 Å². The van der Waals surface area contributed by atoms with Crippen LogP contribution in [0.15, 0.2) is 76.5 Å². The van der Waals surface area contributed by atoms with Crippen LogP contribution in [0.2, 0.25) is 0 Å². The molecule has 146 valence electrons. The molecule has 0 spiro atoms. The molecule has 0 heterocycles. The first kappa shape index (κ1) is 20.2. The van der Waals surface area contributed by atoms with Gasteiger partial charge in [-0.1, -0.05) is 68.1 Å². The highest BCUT2D eigenvalue weighted by molar-refractivity contribution is 7.99. The molecule has 1 aliphatic rings. The highest BCUT2D eigenvalue weighted by Crippen LogP contribution is 2.44. The molecule has 0 saturated heterocycles. The van der Waals surface area contributed by atoms with Crippen molar-refractivity contribution in [1.29, 1.82) is 0 Å². The van der Waals surface area contributed by atoms with Gasteiger partial charge in [-0.15, -0.1) is 0 Å². The molecule has 0 unspecified atom stereocenters. The van der Waals surface area contributed by atoms with Crippen LogP contribution >= 0.6 is 11.8 Å². The fourth-order valence-electron chi connectivity index (χ4n) is 3.07. The summed E-state index contributed by atoms with van der Waals surface area (Å²) >= 11 is 1.59. The van der Waals surface area contributed by atoms with Crippen molar-refractivity contribution in [2.45, 2.75) is 42.5 Å². The molecule has 0 aliphatic heterocycles. The standard InChI is InChI=1S/C22H21NO2S.C2H6/c1-23(17-10-11-17)20-13-19(14-21(24)22(20)25)26-18-9-5-8-16(12-18)15-6-3-2-4-7-15;1-2/h2-9,12-14,17,24-25H,10-11H2,1H3;1-2H3. The van der Waals surface area contributed by atoms with Crippen molar-refractivity contribution in [2.75, 3.05) is 11.9 Å². The zero-order chi connectivity index (χ0) is 20.1. The van der Waals surface area contributed by atoms with E-state index in [2.05, 4.69) is 35.2 Å². The quantitative estimate of drug-likeness (QED) is 0.483. The molecule has 3 nitrogen and oxygen atoms in total. The first-order valence-electron chi connectivity index (χ1n) is 9.74. The second-order valence-electron chi connectivity index (χ2n) is 6.65. The number of hydrogen-bond donors (Lipinski definition) is 2. The molecular formula is C24H27NO2S. The Morgan fingerprint density at radius 1 is 0.821 bits per heavy atom. The summed E-state index contributed by atoms with van der Waals surface area (Å²) in [6, 6.07) is 22.7. The van der Waals surface area contributed by atoms with Gasteiger partial charge < -0.3 is 15.1 Å². The largest absolute Gasteiger partial charge is 0.504 e. The second-order valence-corrected chi connectivity index (χ2v) is 7.80. The number of phenols is 2. The zero-order valence-electron chi connectivity index (χ0n) is 16.6. The van der Waals surface area contributed by atoms with Gasteiger partial charge in [-0.25, -0.2) is 0 Å². The molecule has 0 radical (unpaired) electrons. The van der Waals surface area contributed by atoms with Crippen LogP contribution < -0.4 is 4.90 Å². The van der Waals surface area contributed by atoms with E-state index in [0.717, 1.165) is 28.2 Å². The van der Waals surface area contributed by atoms with Crippen molar-refractivity contribution in [3.63, 3.8) is 0 Å². The molecule has 28 heavy (non-hydrogen) atoms. The smallest absolute Gasteiger partial charge is 0.181 e. The van der Waals surface area contributed by atoms with Gasteiger partial charge in [-0.2, -0.15) is 0 Å². The maximum absolute atomic E-state index is 10.2. The van der Waals surface area contributed by atoms with Gasteiger partial charge in [0.1, 0.15) is 0 Å². The van der Waals surface area contributed by atoms with Crippen molar-refractivity contribution in [2.24, 2.45) is 0 Å². The summed E-state index contributed by atoms with van der Waals surface area (Å²) in [7, 11) is 1.97. The Balaban J connectivity index is 0.00000109. The number of hydrogen-bond acceptors (Lipinski definition) is 4. The van der Waals surface area contributed by atoms with Gasteiger partial charge in [0.2, 0.25) is 0 Å². The third kappa shape index (κ3) is 4.63. The minimum Gasteiger partial charge on any atom is -0.504 e. The molecular weight excluding hydrogens is 366 g/mol. The van der Waals surface area contributed by atoms with Crippen molar-refractivity contribution >= 4 is 17.4 Å². The van der Waals surface area contributed by atoms with Gasteiger partial charge in [0.25, 0.3) is 0 Å². The van der Waals surface area contributed by atoms with Crippen molar-refractivity contribution < 1.29 is 10.2 Å². The molecule has 0 aromatic heterocycles. The van der Waals surface area contributed by atoms with Crippen molar-refractivity contribution in [1.82, 2.24) is 0 Å². The fraction of sp³-hybridized carbons (Fsp3) is 0.250. The SMILES string of the molecule is CC.CN(c1cc(Sc2cccc(-c3ccccc3)c2)cc(O)c1O)C1CC1. The van der Waals surface area contributed by atoms with Gasteiger partial charge in [0, 0.05) is 22.9 Å². The normalized spacial score (nSPS) is 12.8. The van der Waals surface area contributed by atoms with Crippen molar-refractivity contribution in [3.8, 4) is 22.6 Å². The highest BCUT2D eigenvalue weighted by atomic mass is 32.2. The molecule has 4 heteroatoms. The summed E-state index contributed by atoms with van der Waals surface area (Å²) in [6.45, 7) is 4.00. The number of phenolic OH excluding ortho intramolecular Hbond substituents is 2. The summed E-state index contributed by atoms with van der Waals surface area (Å²) in [5.74, 6) is -0.112. The lowest BCUT2D eigenvalue weighted by molar-refractivity contribution is 0.402. The van der Waals surface area contributed by atoms with Crippen LogP contribution in [-0.2, 0) is 0 Å². The van der Waals surface area contributed by atoms with E-state index in [1.54, 1.807) is 17.8 Å². The van der Waals surface area contributed by atoms with Crippen LogP contribution in [0.3, 0.4) is 0 Å². The Kier molecular flexibility index (Phi) is 6.53. The Morgan fingerprint density at radius 3 is 2.18 bits per heavy atom. The van der Waals surface area contributed by atoms with Gasteiger partial charge in [0.05, 0.1) is 5.69 Å². The van der Waals surface area contributed by atoms with E-state index in [9.17, 15) is 10.2 Å². The van der Waals surface area contributed by atoms with Gasteiger partial charge in [-0.3, -0.25) is 0 Å². The summed E-state index contributed by atoms with van der Waals surface area (Å²) in [5.41, 5.74) is 3.03. The first-order chi connectivity index (χ1) is 13.6. The Bertz CT molecular complexity index is 923. The van der Waals surface area contributed by atoms with Crippen LogP contribution in [0.4, 0.5) is 5.69 Å². The van der Waals surface area contributed by atoms with Gasteiger partial charge >= 0.3 is 0 Å². The Labute approximate surface area is 171 Å². The lowest BCUT2D eigenvalue weighted by Crippen LogP contribution is -2.19. The molecule has 0 atom stereocenters. The predicted molar refractivity (Wildman–Crippen MR) is 119 cm³/mol. The molecule has 0 bridgehead atoms. The lowest BCUT2D eigenvalue weighted by atomic mass is 10.1. The predicted octanol–water partition coefficient (Wildman–Crippen LogP) is 6.54. The number of benzene rings is 3. The number of aromatic hydroxyl groups is 2. The Morgan fingerprint density at radius 2 is 1.50 bits per heavy atom. The molecule has 0 amide bonds. The monoisotopic (exact) mass is 393 g/mol. The van der Waals surface area contributed by atoms with Crippen LogP contribution in [0.1, 0.15) is 26.7 Å². The maximum Gasteiger partial charge on any atom is 0.181 e. The van der Waals surface area contributed by atoms with Crippen LogP contribution in [0.25, 0.3) is 11.1 Å². The van der Waals surface area contributed by atoms with Crippen LogP contribution in [0.5, 0.6) is 11.5 Å². The fourth-order valence-corrected chi connectivity index (χ4v) is 4.02. The number of nitrogens with zero attached hydrogens (tertiary/aromatic N) is 1. The zero-order valence-corrected chi connectivity index (χ0v) is 17.4. The minimum atomic E-state index is -0.0725. The molecule has 2 N–H and O–H groups in total. The second kappa shape index (κ2) is 9.07. The Hall–Kier alpha value is -2.59. The van der Waals surface area contributed by atoms with Gasteiger partial charge in [-0.05, 0) is 48.2 Å². The van der Waals surface area contributed by atoms with E-state index < -0.39 is 0 Å².